The number of aliphatic carboxylic acids is 2. The fourth-order valence-corrected chi connectivity index (χ4v) is 4.68. The van der Waals surface area contributed by atoms with Crippen LogP contribution in [0.2, 0.25) is 0 Å². The number of hydrogen-bond donors (Lipinski definition) is 3. The summed E-state index contributed by atoms with van der Waals surface area (Å²) in [6.45, 7) is 6.13. The average molecular weight is 531 g/mol. The Bertz CT molecular complexity index is 1240. The van der Waals surface area contributed by atoms with Gasteiger partial charge in [0.05, 0.1) is 5.92 Å². The van der Waals surface area contributed by atoms with Crippen LogP contribution in [0.5, 0.6) is 0 Å². The first-order valence-corrected chi connectivity index (χ1v) is 13.3. The Balaban J connectivity index is 1.78. The molecule has 0 heterocycles. The zero-order chi connectivity index (χ0) is 28.4. The van der Waals surface area contributed by atoms with E-state index in [1.807, 2.05) is 99.6 Å². The molecule has 0 saturated heterocycles. The van der Waals surface area contributed by atoms with E-state index in [1.165, 1.54) is 4.90 Å². The van der Waals surface area contributed by atoms with Crippen molar-refractivity contribution in [2.75, 3.05) is 13.1 Å². The summed E-state index contributed by atoms with van der Waals surface area (Å²) in [5.74, 6) is -2.83. The Hall–Kier alpha value is -4.13. The van der Waals surface area contributed by atoms with Gasteiger partial charge >= 0.3 is 18.0 Å². The highest BCUT2D eigenvalue weighted by Gasteiger charge is 2.28. The molecule has 0 aromatic heterocycles. The second-order valence-corrected chi connectivity index (χ2v) is 10.4. The predicted molar refractivity (Wildman–Crippen MR) is 153 cm³/mol. The molecule has 0 aliphatic rings. The molecular formula is C32H38N2O5. The maximum atomic E-state index is 13.4. The second kappa shape index (κ2) is 14.1. The third-order valence-electron chi connectivity index (χ3n) is 6.65. The third-order valence-corrected chi connectivity index (χ3v) is 6.65. The van der Waals surface area contributed by atoms with Gasteiger partial charge in [-0.1, -0.05) is 98.3 Å². The van der Waals surface area contributed by atoms with Crippen LogP contribution in [0.4, 0.5) is 4.79 Å². The number of nitrogens with one attached hydrogen (secondary N) is 1. The molecule has 0 spiro atoms. The first-order valence-electron chi connectivity index (χ1n) is 13.3. The summed E-state index contributed by atoms with van der Waals surface area (Å²) >= 11 is 0. The molecule has 206 valence electrons. The van der Waals surface area contributed by atoms with E-state index in [-0.39, 0.29) is 18.9 Å². The van der Waals surface area contributed by atoms with Gasteiger partial charge in [-0.3, -0.25) is 4.79 Å². The topological polar surface area (TPSA) is 107 Å². The van der Waals surface area contributed by atoms with Crippen LogP contribution < -0.4 is 5.32 Å². The van der Waals surface area contributed by atoms with Crippen LogP contribution >= 0.6 is 0 Å². The zero-order valence-corrected chi connectivity index (χ0v) is 22.8. The molecule has 2 amide bonds. The molecule has 0 unspecified atom stereocenters. The van der Waals surface area contributed by atoms with Gasteiger partial charge in [0.25, 0.3) is 0 Å². The van der Waals surface area contributed by atoms with Crippen molar-refractivity contribution in [2.24, 2.45) is 11.8 Å². The van der Waals surface area contributed by atoms with Crippen molar-refractivity contribution < 1.29 is 24.6 Å². The van der Waals surface area contributed by atoms with Gasteiger partial charge in [0.1, 0.15) is 6.04 Å². The number of rotatable bonds is 13. The van der Waals surface area contributed by atoms with Gasteiger partial charge in [-0.05, 0) is 47.9 Å². The molecule has 3 rings (SSSR count). The van der Waals surface area contributed by atoms with Crippen molar-refractivity contribution in [3.05, 3.63) is 95.6 Å². The Morgan fingerprint density at radius 1 is 0.846 bits per heavy atom. The molecular weight excluding hydrogens is 492 g/mol. The van der Waals surface area contributed by atoms with Crippen LogP contribution in [0.15, 0.2) is 78.9 Å². The molecule has 3 aromatic rings. The molecule has 39 heavy (non-hydrogen) atoms. The van der Waals surface area contributed by atoms with E-state index in [4.69, 9.17) is 0 Å². The number of hydrogen-bond acceptors (Lipinski definition) is 3. The lowest BCUT2D eigenvalue weighted by molar-refractivity contribution is -0.142. The monoisotopic (exact) mass is 530 g/mol. The van der Waals surface area contributed by atoms with Crippen LogP contribution in [0.1, 0.15) is 37.0 Å². The summed E-state index contributed by atoms with van der Waals surface area (Å²) in [5, 5.41) is 22.6. The van der Waals surface area contributed by atoms with Crippen molar-refractivity contribution in [1.29, 1.82) is 0 Å². The second-order valence-electron chi connectivity index (χ2n) is 10.4. The van der Waals surface area contributed by atoms with E-state index in [0.717, 1.165) is 27.8 Å². The van der Waals surface area contributed by atoms with Gasteiger partial charge in [0, 0.05) is 19.5 Å². The highest BCUT2D eigenvalue weighted by Crippen LogP contribution is 2.26. The minimum absolute atomic E-state index is 0.00176. The van der Waals surface area contributed by atoms with E-state index in [0.29, 0.717) is 19.4 Å². The Morgan fingerprint density at radius 2 is 1.49 bits per heavy atom. The summed E-state index contributed by atoms with van der Waals surface area (Å²) in [6.07, 6.45) is 1.04. The fraction of sp³-hybridized carbons (Fsp3) is 0.344. The maximum Gasteiger partial charge on any atom is 0.326 e. The van der Waals surface area contributed by atoms with Crippen LogP contribution in [-0.4, -0.2) is 52.2 Å². The van der Waals surface area contributed by atoms with Crippen molar-refractivity contribution in [3.8, 4) is 11.1 Å². The van der Waals surface area contributed by atoms with Crippen LogP contribution in [-0.2, 0) is 22.4 Å². The van der Waals surface area contributed by atoms with Gasteiger partial charge < -0.3 is 20.4 Å². The lowest BCUT2D eigenvalue weighted by Crippen LogP contribution is -2.51. The van der Waals surface area contributed by atoms with Crippen LogP contribution in [0.25, 0.3) is 11.1 Å². The standard InChI is InChI=1S/C32H38N2O5/c1-22(2)20-34(21-26(30(35)36)16-15-24-10-6-4-7-11-24)32(39)33-29(31(37)38)19-27-18-23(3)14-17-28(27)25-12-8-5-9-13-25/h4-14,17-18,22,26,29H,15-16,19-21H2,1-3H3,(H,33,39)(H,35,36)(H,37,38)/t26-,29-/m0/s1. The van der Waals surface area contributed by atoms with Crippen LogP contribution in [0, 0.1) is 18.8 Å². The van der Waals surface area contributed by atoms with E-state index in [1.54, 1.807) is 0 Å². The zero-order valence-electron chi connectivity index (χ0n) is 22.8. The molecule has 0 fully saturated rings. The highest BCUT2D eigenvalue weighted by atomic mass is 16.4. The summed E-state index contributed by atoms with van der Waals surface area (Å²) < 4.78 is 0. The lowest BCUT2D eigenvalue weighted by atomic mass is 9.93. The molecule has 7 nitrogen and oxygen atoms in total. The number of carboxylic acids is 2. The molecule has 0 saturated carbocycles. The predicted octanol–water partition coefficient (Wildman–Crippen LogP) is 5.66. The average Bonchev–Trinajstić information content (AvgIpc) is 2.90. The van der Waals surface area contributed by atoms with Crippen molar-refractivity contribution in [2.45, 2.75) is 46.1 Å². The van der Waals surface area contributed by atoms with E-state index >= 15 is 0 Å². The third kappa shape index (κ3) is 8.99. The number of aryl methyl sites for hydroxylation is 2. The van der Waals surface area contributed by atoms with Crippen molar-refractivity contribution in [3.63, 3.8) is 0 Å². The van der Waals surface area contributed by atoms with Gasteiger partial charge in [-0.15, -0.1) is 0 Å². The van der Waals surface area contributed by atoms with Crippen LogP contribution in [0.3, 0.4) is 0 Å². The normalized spacial score (nSPS) is 12.5. The number of urea groups is 1. The Morgan fingerprint density at radius 3 is 2.08 bits per heavy atom. The first kappa shape index (κ1) is 29.4. The summed E-state index contributed by atoms with van der Waals surface area (Å²) in [7, 11) is 0. The minimum Gasteiger partial charge on any atom is -0.481 e. The SMILES string of the molecule is Cc1ccc(-c2ccccc2)c(C[C@H](NC(=O)N(CC(C)C)C[C@H](CCc2ccccc2)C(=O)O)C(=O)O)c1. The van der Waals surface area contributed by atoms with Crippen molar-refractivity contribution in [1.82, 2.24) is 10.2 Å². The maximum absolute atomic E-state index is 13.4. The van der Waals surface area contributed by atoms with E-state index in [9.17, 15) is 24.6 Å². The van der Waals surface area contributed by atoms with Crippen molar-refractivity contribution >= 4 is 18.0 Å². The lowest BCUT2D eigenvalue weighted by Gasteiger charge is -2.29. The molecule has 0 aliphatic heterocycles. The van der Waals surface area contributed by atoms with Gasteiger partial charge in [0.2, 0.25) is 0 Å². The quantitative estimate of drug-likeness (QED) is 0.264. The van der Waals surface area contributed by atoms with E-state index in [2.05, 4.69) is 5.32 Å². The molecule has 0 radical (unpaired) electrons. The fourth-order valence-electron chi connectivity index (χ4n) is 4.68. The molecule has 7 heteroatoms. The number of benzene rings is 3. The largest absolute Gasteiger partial charge is 0.481 e. The number of nitrogens with zero attached hydrogens (tertiary/aromatic N) is 1. The van der Waals surface area contributed by atoms with Gasteiger partial charge in [-0.25, -0.2) is 9.59 Å². The highest BCUT2D eigenvalue weighted by molar-refractivity contribution is 5.84. The number of amides is 2. The molecule has 0 aliphatic carbocycles. The summed E-state index contributed by atoms with van der Waals surface area (Å²) in [4.78, 5) is 39.2. The molecule has 0 bridgehead atoms. The molecule has 2 atom stereocenters. The summed E-state index contributed by atoms with van der Waals surface area (Å²) in [6, 6.07) is 23.5. The Labute approximate surface area is 230 Å². The van der Waals surface area contributed by atoms with Gasteiger partial charge in [-0.2, -0.15) is 0 Å². The molecule has 3 N–H and O–H groups in total. The summed E-state index contributed by atoms with van der Waals surface area (Å²) in [5.41, 5.74) is 4.71. The molecule has 3 aromatic carbocycles. The number of carboxylic acid groups (broad SMARTS) is 2. The minimum atomic E-state index is -1.18. The van der Waals surface area contributed by atoms with Gasteiger partial charge in [0.15, 0.2) is 0 Å². The van der Waals surface area contributed by atoms with E-state index < -0.39 is 29.9 Å². The smallest absolute Gasteiger partial charge is 0.326 e. The number of carbonyl (C=O) groups excluding carboxylic acids is 1. The number of carbonyl (C=O) groups is 3. The first-order chi connectivity index (χ1) is 18.6. The Kier molecular flexibility index (Phi) is 10.7.